The Morgan fingerprint density at radius 2 is 1.31 bits per heavy atom. The molecule has 0 aromatic carbocycles. The second-order valence-electron chi connectivity index (χ2n) is 6.39. The Morgan fingerprint density at radius 3 is 2.06 bits per heavy atom. The number of hydrogen-bond donors (Lipinski definition) is 1. The number of nitrogens with one attached hydrogen (secondary N) is 1. The Hall–Kier alpha value is -0.0400. The van der Waals surface area contributed by atoms with Crippen LogP contribution in [0.25, 0.3) is 0 Å². The van der Waals surface area contributed by atoms with E-state index in [2.05, 4.69) is 5.32 Å². The fourth-order valence-electron chi connectivity index (χ4n) is 4.05. The topological polar surface area (TPSA) is 12.0 Å². The molecule has 3 rings (SSSR count). The summed E-state index contributed by atoms with van der Waals surface area (Å²) in [6.45, 7) is 0. The van der Waals surface area contributed by atoms with Crippen molar-refractivity contribution in [1.29, 1.82) is 0 Å². The fraction of sp³-hybridized carbons (Fsp3) is 1.00. The molecule has 0 amide bonds. The molecule has 1 N–H and O–H groups in total. The van der Waals surface area contributed by atoms with Crippen molar-refractivity contribution in [2.24, 2.45) is 11.8 Å². The maximum absolute atomic E-state index is 3.94. The average Bonchev–Trinajstić information content (AvgIpc) is 3.15. The second kappa shape index (κ2) is 5.08. The van der Waals surface area contributed by atoms with Crippen LogP contribution < -0.4 is 5.32 Å². The van der Waals surface area contributed by atoms with Crippen LogP contribution in [0.2, 0.25) is 0 Å². The van der Waals surface area contributed by atoms with Crippen molar-refractivity contribution >= 4 is 0 Å². The number of rotatable bonds is 3. The standard InChI is InChI=1S/C15H27N/c1-2-6-12(7-3-1)14-8-4-5-9-15(14)16-13-10-11-13/h12-16H,1-11H2/t14-,15+/m1/s1. The van der Waals surface area contributed by atoms with E-state index < -0.39 is 0 Å². The first kappa shape index (κ1) is 11.1. The van der Waals surface area contributed by atoms with Gasteiger partial charge in [0.1, 0.15) is 0 Å². The van der Waals surface area contributed by atoms with Gasteiger partial charge in [-0.1, -0.05) is 44.9 Å². The highest BCUT2D eigenvalue weighted by Crippen LogP contribution is 2.39. The van der Waals surface area contributed by atoms with Crippen molar-refractivity contribution in [3.8, 4) is 0 Å². The predicted octanol–water partition coefficient (Wildman–Crippen LogP) is 3.88. The predicted molar refractivity (Wildman–Crippen MR) is 68.5 cm³/mol. The maximum atomic E-state index is 3.94. The third kappa shape index (κ3) is 2.61. The fourth-order valence-corrected chi connectivity index (χ4v) is 4.05. The van der Waals surface area contributed by atoms with Crippen LogP contribution in [0.4, 0.5) is 0 Å². The van der Waals surface area contributed by atoms with Gasteiger partial charge in [-0.05, 0) is 37.5 Å². The minimum Gasteiger partial charge on any atom is -0.311 e. The molecule has 16 heavy (non-hydrogen) atoms. The van der Waals surface area contributed by atoms with Crippen molar-refractivity contribution < 1.29 is 0 Å². The molecule has 0 saturated heterocycles. The SMILES string of the molecule is C1CCC([C@H]2CCCC[C@@H]2NC2CC2)CC1. The van der Waals surface area contributed by atoms with Crippen molar-refractivity contribution in [2.75, 3.05) is 0 Å². The van der Waals surface area contributed by atoms with E-state index in [-0.39, 0.29) is 0 Å². The summed E-state index contributed by atoms with van der Waals surface area (Å²) in [6.07, 6.45) is 16.5. The lowest BCUT2D eigenvalue weighted by Crippen LogP contribution is -2.43. The first-order valence-electron chi connectivity index (χ1n) is 7.69. The molecular weight excluding hydrogens is 194 g/mol. The quantitative estimate of drug-likeness (QED) is 0.762. The molecule has 92 valence electrons. The number of hydrogen-bond acceptors (Lipinski definition) is 1. The first-order chi connectivity index (χ1) is 7.93. The van der Waals surface area contributed by atoms with E-state index in [0.29, 0.717) is 0 Å². The average molecular weight is 221 g/mol. The highest BCUT2D eigenvalue weighted by Gasteiger charge is 2.35. The Morgan fingerprint density at radius 1 is 0.625 bits per heavy atom. The van der Waals surface area contributed by atoms with Crippen molar-refractivity contribution in [3.05, 3.63) is 0 Å². The largest absolute Gasteiger partial charge is 0.311 e. The molecule has 0 unspecified atom stereocenters. The third-order valence-corrected chi connectivity index (χ3v) is 5.10. The lowest BCUT2D eigenvalue weighted by Gasteiger charge is -2.39. The molecule has 3 saturated carbocycles. The van der Waals surface area contributed by atoms with Gasteiger partial charge in [-0.25, -0.2) is 0 Å². The van der Waals surface area contributed by atoms with E-state index in [1.54, 1.807) is 0 Å². The third-order valence-electron chi connectivity index (χ3n) is 5.10. The van der Waals surface area contributed by atoms with Gasteiger partial charge in [-0.15, -0.1) is 0 Å². The van der Waals surface area contributed by atoms with E-state index in [1.165, 1.54) is 70.6 Å². The van der Waals surface area contributed by atoms with Crippen molar-refractivity contribution in [1.82, 2.24) is 5.32 Å². The van der Waals surface area contributed by atoms with Crippen LogP contribution >= 0.6 is 0 Å². The summed E-state index contributed by atoms with van der Waals surface area (Å²) < 4.78 is 0. The Kier molecular flexibility index (Phi) is 3.51. The van der Waals surface area contributed by atoms with Gasteiger partial charge in [0.25, 0.3) is 0 Å². The molecule has 0 spiro atoms. The van der Waals surface area contributed by atoms with Gasteiger partial charge in [0, 0.05) is 12.1 Å². The molecule has 2 atom stereocenters. The zero-order valence-corrected chi connectivity index (χ0v) is 10.6. The molecule has 1 nitrogen and oxygen atoms in total. The highest BCUT2D eigenvalue weighted by molar-refractivity contribution is 4.92. The van der Waals surface area contributed by atoms with E-state index in [1.807, 2.05) is 0 Å². The lowest BCUT2D eigenvalue weighted by atomic mass is 9.71. The van der Waals surface area contributed by atoms with E-state index >= 15 is 0 Å². The van der Waals surface area contributed by atoms with E-state index in [0.717, 1.165) is 23.9 Å². The summed E-state index contributed by atoms with van der Waals surface area (Å²) in [6, 6.07) is 1.80. The lowest BCUT2D eigenvalue weighted by molar-refractivity contribution is 0.149. The molecule has 0 aliphatic heterocycles. The Bertz CT molecular complexity index is 215. The van der Waals surface area contributed by atoms with Gasteiger partial charge in [-0.2, -0.15) is 0 Å². The zero-order valence-electron chi connectivity index (χ0n) is 10.6. The van der Waals surface area contributed by atoms with Crippen LogP contribution in [0, 0.1) is 11.8 Å². The molecule has 1 heteroatoms. The molecule has 0 aromatic heterocycles. The molecule has 0 radical (unpaired) electrons. The van der Waals surface area contributed by atoms with Crippen LogP contribution in [0.5, 0.6) is 0 Å². The monoisotopic (exact) mass is 221 g/mol. The van der Waals surface area contributed by atoms with Crippen LogP contribution in [-0.4, -0.2) is 12.1 Å². The molecule has 0 bridgehead atoms. The smallest absolute Gasteiger partial charge is 0.0101 e. The van der Waals surface area contributed by atoms with Gasteiger partial charge in [-0.3, -0.25) is 0 Å². The van der Waals surface area contributed by atoms with E-state index in [4.69, 9.17) is 0 Å². The highest BCUT2D eigenvalue weighted by atomic mass is 15.0. The van der Waals surface area contributed by atoms with Gasteiger partial charge in [0.2, 0.25) is 0 Å². The van der Waals surface area contributed by atoms with Crippen LogP contribution in [-0.2, 0) is 0 Å². The summed E-state index contributed by atoms with van der Waals surface area (Å²) >= 11 is 0. The summed E-state index contributed by atoms with van der Waals surface area (Å²) in [5, 5.41) is 3.94. The van der Waals surface area contributed by atoms with Gasteiger partial charge < -0.3 is 5.32 Å². The van der Waals surface area contributed by atoms with Crippen molar-refractivity contribution in [2.45, 2.75) is 82.7 Å². The molecule has 0 aromatic rings. The molecule has 3 aliphatic rings. The van der Waals surface area contributed by atoms with Crippen LogP contribution in [0.3, 0.4) is 0 Å². The summed E-state index contributed by atoms with van der Waals surface area (Å²) in [5.74, 6) is 2.11. The van der Waals surface area contributed by atoms with Gasteiger partial charge in [0.05, 0.1) is 0 Å². The minimum absolute atomic E-state index is 0.893. The molecular formula is C15H27N. The van der Waals surface area contributed by atoms with Gasteiger partial charge in [0.15, 0.2) is 0 Å². The molecule has 3 fully saturated rings. The Balaban J connectivity index is 1.59. The summed E-state index contributed by atoms with van der Waals surface area (Å²) in [5.41, 5.74) is 0. The van der Waals surface area contributed by atoms with E-state index in [9.17, 15) is 0 Å². The zero-order chi connectivity index (χ0) is 10.8. The van der Waals surface area contributed by atoms with Crippen LogP contribution in [0.15, 0.2) is 0 Å². The van der Waals surface area contributed by atoms with Gasteiger partial charge >= 0.3 is 0 Å². The molecule has 3 aliphatic carbocycles. The first-order valence-corrected chi connectivity index (χ1v) is 7.69. The summed E-state index contributed by atoms with van der Waals surface area (Å²) in [4.78, 5) is 0. The summed E-state index contributed by atoms with van der Waals surface area (Å²) in [7, 11) is 0. The second-order valence-corrected chi connectivity index (χ2v) is 6.39. The normalized spacial score (nSPS) is 37.5. The molecule has 0 heterocycles. The Labute approximate surface area is 100 Å². The minimum atomic E-state index is 0.893. The van der Waals surface area contributed by atoms with Crippen LogP contribution in [0.1, 0.15) is 70.6 Å². The van der Waals surface area contributed by atoms with Crippen molar-refractivity contribution in [3.63, 3.8) is 0 Å². The maximum Gasteiger partial charge on any atom is 0.0101 e.